The van der Waals surface area contributed by atoms with Gasteiger partial charge in [-0.05, 0) is 5.92 Å². The molecule has 2 aromatic rings. The molecule has 4 rings (SSSR count). The van der Waals surface area contributed by atoms with E-state index in [0.717, 1.165) is 10.9 Å². The zero-order valence-electron chi connectivity index (χ0n) is 14.5. The van der Waals surface area contributed by atoms with Gasteiger partial charge in [0.15, 0.2) is 0 Å². The van der Waals surface area contributed by atoms with Crippen LogP contribution in [0, 0.1) is 23.2 Å². The lowest BCUT2D eigenvalue weighted by atomic mass is 9.93. The Balaban J connectivity index is 1.70. The van der Waals surface area contributed by atoms with Crippen LogP contribution in [0.4, 0.5) is 0 Å². The first-order valence-corrected chi connectivity index (χ1v) is 8.94. The normalized spacial score (nSPS) is 18.2. The first-order valence-electron chi connectivity index (χ1n) is 8.56. The number of pyridine rings is 1. The molecule has 0 radical (unpaired) electrons. The highest BCUT2D eigenvalue weighted by Gasteiger charge is 2.42. The van der Waals surface area contributed by atoms with Crippen molar-refractivity contribution < 1.29 is 9.59 Å². The molecule has 7 nitrogen and oxygen atoms in total. The van der Waals surface area contributed by atoms with E-state index in [1.807, 2.05) is 13.8 Å². The van der Waals surface area contributed by atoms with Gasteiger partial charge < -0.3 is 14.8 Å². The molecule has 0 spiro atoms. The molecular formula is C18H18ClN5O2. The van der Waals surface area contributed by atoms with Crippen LogP contribution in [0.15, 0.2) is 12.4 Å². The summed E-state index contributed by atoms with van der Waals surface area (Å²) in [6.07, 6.45) is 3.19. The summed E-state index contributed by atoms with van der Waals surface area (Å²) in [6.45, 7) is 4.97. The van der Waals surface area contributed by atoms with E-state index in [1.165, 1.54) is 0 Å². The number of halogens is 1. The number of aromatic nitrogens is 2. The van der Waals surface area contributed by atoms with E-state index in [9.17, 15) is 9.59 Å². The average molecular weight is 372 g/mol. The standard InChI is InChI=1S/C18H18ClN5O2/c1-9(2)15(18(26)23-6-10(3-20)7-23)24-8-12-13(19)5-22-16-14(12)11(4-21-16)17(24)25/h4-5,9-10,15H,6-8H2,1-2H3,(H,21,22)/t15-/m1/s1. The Morgan fingerprint density at radius 1 is 1.46 bits per heavy atom. The van der Waals surface area contributed by atoms with E-state index in [4.69, 9.17) is 16.9 Å². The fourth-order valence-corrected chi connectivity index (χ4v) is 3.99. The van der Waals surface area contributed by atoms with Gasteiger partial charge >= 0.3 is 0 Å². The Bertz CT molecular complexity index is 954. The third-order valence-electron chi connectivity index (χ3n) is 5.17. The van der Waals surface area contributed by atoms with E-state index in [2.05, 4.69) is 16.0 Å². The van der Waals surface area contributed by atoms with Gasteiger partial charge in [-0.1, -0.05) is 25.4 Å². The second-order valence-corrected chi connectivity index (χ2v) is 7.61. The molecular weight excluding hydrogens is 354 g/mol. The van der Waals surface area contributed by atoms with Crippen LogP contribution in [-0.4, -0.2) is 50.7 Å². The third-order valence-corrected chi connectivity index (χ3v) is 5.50. The number of likely N-dealkylation sites (tertiary alicyclic amines) is 1. The molecule has 134 valence electrons. The smallest absolute Gasteiger partial charge is 0.257 e. The number of hydrogen-bond acceptors (Lipinski definition) is 4. The van der Waals surface area contributed by atoms with Crippen LogP contribution in [0.1, 0.15) is 29.8 Å². The fourth-order valence-electron chi connectivity index (χ4n) is 3.79. The van der Waals surface area contributed by atoms with E-state index < -0.39 is 6.04 Å². The van der Waals surface area contributed by atoms with Crippen molar-refractivity contribution in [2.75, 3.05) is 13.1 Å². The average Bonchev–Trinajstić information content (AvgIpc) is 2.98. The number of hydrogen-bond donors (Lipinski definition) is 1. The highest BCUT2D eigenvalue weighted by atomic mass is 35.5. The molecule has 4 heterocycles. The SMILES string of the molecule is CC(C)[C@H](C(=O)N1CC(C#N)C1)N1Cc2c(Cl)cnc3[nH]cc(c23)C1=O. The van der Waals surface area contributed by atoms with Crippen molar-refractivity contribution in [3.8, 4) is 6.07 Å². The molecule has 0 aliphatic carbocycles. The second-order valence-electron chi connectivity index (χ2n) is 7.20. The molecule has 2 aliphatic rings. The van der Waals surface area contributed by atoms with Gasteiger partial charge in [-0.25, -0.2) is 4.98 Å². The summed E-state index contributed by atoms with van der Waals surface area (Å²) in [6, 6.07) is 1.58. The summed E-state index contributed by atoms with van der Waals surface area (Å²) in [5.41, 5.74) is 1.93. The number of nitriles is 1. The number of carbonyl (C=O) groups excluding carboxylic acids is 2. The summed E-state index contributed by atoms with van der Waals surface area (Å²) in [7, 11) is 0. The van der Waals surface area contributed by atoms with E-state index in [0.29, 0.717) is 29.3 Å². The third kappa shape index (κ3) is 2.36. The molecule has 8 heteroatoms. The van der Waals surface area contributed by atoms with Gasteiger partial charge in [-0.15, -0.1) is 0 Å². The number of amides is 2. The minimum Gasteiger partial charge on any atom is -0.345 e. The summed E-state index contributed by atoms with van der Waals surface area (Å²) in [5, 5.41) is 10.2. The predicted octanol–water partition coefficient (Wildman–Crippen LogP) is 2.18. The van der Waals surface area contributed by atoms with Crippen LogP contribution in [0.5, 0.6) is 0 Å². The van der Waals surface area contributed by atoms with Crippen LogP contribution >= 0.6 is 11.6 Å². The summed E-state index contributed by atoms with van der Waals surface area (Å²) in [5.74, 6) is -0.490. The van der Waals surface area contributed by atoms with Crippen molar-refractivity contribution >= 4 is 34.4 Å². The lowest BCUT2D eigenvalue weighted by molar-refractivity contribution is -0.143. The number of carbonyl (C=O) groups is 2. The second kappa shape index (κ2) is 5.99. The number of aromatic amines is 1. The molecule has 0 aromatic carbocycles. The van der Waals surface area contributed by atoms with Crippen molar-refractivity contribution in [1.82, 2.24) is 19.8 Å². The van der Waals surface area contributed by atoms with Gasteiger partial charge in [-0.2, -0.15) is 5.26 Å². The lowest BCUT2D eigenvalue weighted by Gasteiger charge is -2.43. The maximum atomic E-state index is 13.1. The van der Waals surface area contributed by atoms with Crippen LogP contribution in [-0.2, 0) is 11.3 Å². The zero-order valence-corrected chi connectivity index (χ0v) is 15.2. The molecule has 26 heavy (non-hydrogen) atoms. The monoisotopic (exact) mass is 371 g/mol. The van der Waals surface area contributed by atoms with Crippen molar-refractivity contribution in [2.24, 2.45) is 11.8 Å². The Hall–Kier alpha value is -2.59. The Morgan fingerprint density at radius 2 is 2.19 bits per heavy atom. The summed E-state index contributed by atoms with van der Waals surface area (Å²) >= 11 is 6.34. The fraction of sp³-hybridized carbons (Fsp3) is 0.444. The molecule has 1 atom stereocenters. The lowest BCUT2D eigenvalue weighted by Crippen LogP contribution is -2.59. The zero-order chi connectivity index (χ0) is 18.6. The summed E-state index contributed by atoms with van der Waals surface area (Å²) < 4.78 is 0. The van der Waals surface area contributed by atoms with Gasteiger partial charge in [0, 0.05) is 43.0 Å². The highest BCUT2D eigenvalue weighted by molar-refractivity contribution is 6.32. The predicted molar refractivity (Wildman–Crippen MR) is 95.3 cm³/mol. The van der Waals surface area contributed by atoms with Crippen LogP contribution in [0.2, 0.25) is 5.02 Å². The van der Waals surface area contributed by atoms with Gasteiger partial charge in [0.1, 0.15) is 11.7 Å². The molecule has 1 saturated heterocycles. The first kappa shape index (κ1) is 16.9. The highest BCUT2D eigenvalue weighted by Crippen LogP contribution is 2.35. The van der Waals surface area contributed by atoms with E-state index in [1.54, 1.807) is 22.2 Å². The number of nitrogens with zero attached hydrogens (tertiary/aromatic N) is 4. The maximum Gasteiger partial charge on any atom is 0.257 e. The Kier molecular flexibility index (Phi) is 3.88. The van der Waals surface area contributed by atoms with Crippen molar-refractivity contribution in [1.29, 1.82) is 5.26 Å². The molecule has 0 bridgehead atoms. The van der Waals surface area contributed by atoms with E-state index >= 15 is 0 Å². The molecule has 0 unspecified atom stereocenters. The van der Waals surface area contributed by atoms with Gasteiger partial charge in [-0.3, -0.25) is 9.59 Å². The van der Waals surface area contributed by atoms with Crippen LogP contribution < -0.4 is 0 Å². The molecule has 2 aromatic heterocycles. The van der Waals surface area contributed by atoms with Crippen molar-refractivity contribution in [2.45, 2.75) is 26.4 Å². The first-order chi connectivity index (χ1) is 12.4. The molecule has 1 N–H and O–H groups in total. The minimum atomic E-state index is -0.593. The molecule has 2 aliphatic heterocycles. The molecule has 1 fully saturated rings. The van der Waals surface area contributed by atoms with Gasteiger partial charge in [0.05, 0.1) is 22.6 Å². The number of rotatable bonds is 3. The topological polar surface area (TPSA) is 93.1 Å². The Morgan fingerprint density at radius 3 is 2.85 bits per heavy atom. The Labute approximate surface area is 155 Å². The number of H-pyrrole nitrogens is 1. The maximum absolute atomic E-state index is 13.1. The van der Waals surface area contributed by atoms with Crippen LogP contribution in [0.3, 0.4) is 0 Å². The molecule has 0 saturated carbocycles. The van der Waals surface area contributed by atoms with Crippen LogP contribution in [0.25, 0.3) is 11.0 Å². The van der Waals surface area contributed by atoms with E-state index in [-0.39, 0.29) is 30.2 Å². The summed E-state index contributed by atoms with van der Waals surface area (Å²) in [4.78, 5) is 36.6. The molecule has 2 amide bonds. The van der Waals surface area contributed by atoms with Crippen molar-refractivity contribution in [3.63, 3.8) is 0 Å². The quantitative estimate of drug-likeness (QED) is 0.894. The number of nitrogens with one attached hydrogen (secondary N) is 1. The minimum absolute atomic E-state index is 0.0656. The van der Waals surface area contributed by atoms with Gasteiger partial charge in [0.25, 0.3) is 5.91 Å². The van der Waals surface area contributed by atoms with Crippen molar-refractivity contribution in [3.05, 3.63) is 28.5 Å². The largest absolute Gasteiger partial charge is 0.345 e. The van der Waals surface area contributed by atoms with Gasteiger partial charge in [0.2, 0.25) is 5.91 Å².